The summed E-state index contributed by atoms with van der Waals surface area (Å²) in [4.78, 5) is 23.0. The van der Waals surface area contributed by atoms with Crippen molar-refractivity contribution >= 4 is 23.4 Å². The predicted octanol–water partition coefficient (Wildman–Crippen LogP) is 2.18. The van der Waals surface area contributed by atoms with Gasteiger partial charge in [0.05, 0.1) is 0 Å². The third-order valence-electron chi connectivity index (χ3n) is 3.07. The highest BCUT2D eigenvalue weighted by atomic mass is 35.5. The number of alkyl halides is 1. The van der Waals surface area contributed by atoms with Crippen molar-refractivity contribution in [3.8, 4) is 0 Å². The summed E-state index contributed by atoms with van der Waals surface area (Å²) in [6.45, 7) is 2.95. The standard InChI is InChI=1S/C16H23ClN2O2/c1-13-4-6-14(7-5-13)8-9-16(21)19-12-11-18-15(20)3-2-10-17/h4-7H,2-3,8-12H2,1H3,(H,18,20)(H,19,21). The molecule has 0 aliphatic carbocycles. The second-order valence-corrected chi connectivity index (χ2v) is 5.36. The molecule has 2 N–H and O–H groups in total. The summed E-state index contributed by atoms with van der Waals surface area (Å²) < 4.78 is 0. The Hall–Kier alpha value is -1.55. The first-order chi connectivity index (χ1) is 10.1. The number of halogens is 1. The van der Waals surface area contributed by atoms with E-state index in [1.807, 2.05) is 31.2 Å². The third-order valence-corrected chi connectivity index (χ3v) is 3.34. The summed E-state index contributed by atoms with van der Waals surface area (Å²) in [7, 11) is 0. The summed E-state index contributed by atoms with van der Waals surface area (Å²) in [5.74, 6) is 0.471. The fraction of sp³-hybridized carbons (Fsp3) is 0.500. The molecule has 0 unspecified atom stereocenters. The Labute approximate surface area is 131 Å². The molecule has 0 saturated heterocycles. The van der Waals surface area contributed by atoms with E-state index in [1.165, 1.54) is 5.56 Å². The second-order valence-electron chi connectivity index (χ2n) is 4.98. The van der Waals surface area contributed by atoms with Gasteiger partial charge in [-0.2, -0.15) is 0 Å². The van der Waals surface area contributed by atoms with Crippen LogP contribution in [0.1, 0.15) is 30.4 Å². The SMILES string of the molecule is Cc1ccc(CCC(=O)NCCNC(=O)CCCCl)cc1. The first-order valence-corrected chi connectivity index (χ1v) is 7.80. The molecule has 0 aliphatic heterocycles. The first-order valence-electron chi connectivity index (χ1n) is 7.26. The molecule has 21 heavy (non-hydrogen) atoms. The van der Waals surface area contributed by atoms with Gasteiger partial charge in [-0.25, -0.2) is 0 Å². The normalized spacial score (nSPS) is 10.2. The minimum atomic E-state index is -0.0236. The molecule has 2 amide bonds. The van der Waals surface area contributed by atoms with Gasteiger partial charge in [-0.1, -0.05) is 29.8 Å². The van der Waals surface area contributed by atoms with Crippen molar-refractivity contribution in [3.63, 3.8) is 0 Å². The second kappa shape index (κ2) is 10.2. The Bertz CT molecular complexity index is 446. The molecule has 0 aromatic heterocycles. The van der Waals surface area contributed by atoms with E-state index in [-0.39, 0.29) is 11.8 Å². The third kappa shape index (κ3) is 8.35. The maximum atomic E-state index is 11.7. The summed E-state index contributed by atoms with van der Waals surface area (Å²) in [5.41, 5.74) is 2.37. The lowest BCUT2D eigenvalue weighted by atomic mass is 10.1. The van der Waals surface area contributed by atoms with E-state index >= 15 is 0 Å². The predicted molar refractivity (Wildman–Crippen MR) is 85.5 cm³/mol. The molecule has 0 saturated carbocycles. The van der Waals surface area contributed by atoms with E-state index < -0.39 is 0 Å². The molecule has 4 nitrogen and oxygen atoms in total. The van der Waals surface area contributed by atoms with Gasteiger partial charge in [-0.15, -0.1) is 11.6 Å². The molecule has 0 radical (unpaired) electrons. The van der Waals surface area contributed by atoms with Gasteiger partial charge in [-0.05, 0) is 25.3 Å². The Morgan fingerprint density at radius 2 is 1.57 bits per heavy atom. The van der Waals surface area contributed by atoms with E-state index in [4.69, 9.17) is 11.6 Å². The molecule has 1 aromatic rings. The maximum absolute atomic E-state index is 11.7. The molecular formula is C16H23ClN2O2. The zero-order valence-corrected chi connectivity index (χ0v) is 13.2. The van der Waals surface area contributed by atoms with Crippen LogP contribution in [-0.2, 0) is 16.0 Å². The zero-order chi connectivity index (χ0) is 15.5. The van der Waals surface area contributed by atoms with Crippen LogP contribution in [0.3, 0.4) is 0 Å². The minimum absolute atomic E-state index is 0.00517. The number of hydrogen-bond acceptors (Lipinski definition) is 2. The van der Waals surface area contributed by atoms with Gasteiger partial charge in [0, 0.05) is 31.8 Å². The number of hydrogen-bond donors (Lipinski definition) is 2. The Morgan fingerprint density at radius 3 is 2.14 bits per heavy atom. The smallest absolute Gasteiger partial charge is 0.220 e. The van der Waals surface area contributed by atoms with Crippen molar-refractivity contribution in [3.05, 3.63) is 35.4 Å². The topological polar surface area (TPSA) is 58.2 Å². The number of amides is 2. The van der Waals surface area contributed by atoms with E-state index in [0.717, 1.165) is 12.0 Å². The van der Waals surface area contributed by atoms with E-state index in [9.17, 15) is 9.59 Å². The lowest BCUT2D eigenvalue weighted by Gasteiger charge is -2.07. The molecular weight excluding hydrogens is 288 g/mol. The quantitative estimate of drug-likeness (QED) is 0.542. The van der Waals surface area contributed by atoms with Crippen molar-refractivity contribution in [1.82, 2.24) is 10.6 Å². The molecule has 5 heteroatoms. The van der Waals surface area contributed by atoms with Gasteiger partial charge in [0.2, 0.25) is 11.8 Å². The lowest BCUT2D eigenvalue weighted by molar-refractivity contribution is -0.122. The molecule has 116 valence electrons. The zero-order valence-electron chi connectivity index (χ0n) is 12.5. The summed E-state index contributed by atoms with van der Waals surface area (Å²) in [6, 6.07) is 8.17. The molecule has 0 aliphatic rings. The summed E-state index contributed by atoms with van der Waals surface area (Å²) in [6.07, 6.45) is 2.30. The highest BCUT2D eigenvalue weighted by molar-refractivity contribution is 6.17. The van der Waals surface area contributed by atoms with Crippen LogP contribution in [0.5, 0.6) is 0 Å². The van der Waals surface area contributed by atoms with Crippen molar-refractivity contribution < 1.29 is 9.59 Å². The number of aryl methyl sites for hydroxylation is 2. The van der Waals surface area contributed by atoms with Crippen LogP contribution in [0.4, 0.5) is 0 Å². The van der Waals surface area contributed by atoms with Crippen LogP contribution in [0.25, 0.3) is 0 Å². The number of carbonyl (C=O) groups is 2. The number of rotatable bonds is 9. The average molecular weight is 311 g/mol. The van der Waals surface area contributed by atoms with Crippen LogP contribution < -0.4 is 10.6 Å². The molecule has 0 atom stereocenters. The van der Waals surface area contributed by atoms with Crippen LogP contribution in [0.2, 0.25) is 0 Å². The van der Waals surface area contributed by atoms with Gasteiger partial charge in [-0.3, -0.25) is 9.59 Å². The highest BCUT2D eigenvalue weighted by Gasteiger charge is 2.03. The molecule has 0 bridgehead atoms. The van der Waals surface area contributed by atoms with Gasteiger partial charge in [0.1, 0.15) is 0 Å². The Morgan fingerprint density at radius 1 is 1.00 bits per heavy atom. The first kappa shape index (κ1) is 17.5. The van der Waals surface area contributed by atoms with Crippen LogP contribution in [-0.4, -0.2) is 30.8 Å². The lowest BCUT2D eigenvalue weighted by Crippen LogP contribution is -2.34. The van der Waals surface area contributed by atoms with Crippen LogP contribution >= 0.6 is 11.6 Å². The molecule has 0 spiro atoms. The summed E-state index contributed by atoms with van der Waals surface area (Å²) >= 11 is 5.51. The number of carbonyl (C=O) groups excluding carboxylic acids is 2. The number of nitrogens with one attached hydrogen (secondary N) is 2. The fourth-order valence-electron chi connectivity index (χ4n) is 1.82. The molecule has 1 rings (SSSR count). The highest BCUT2D eigenvalue weighted by Crippen LogP contribution is 2.05. The van der Waals surface area contributed by atoms with E-state index in [2.05, 4.69) is 10.6 Å². The largest absolute Gasteiger partial charge is 0.354 e. The molecule has 1 aromatic carbocycles. The van der Waals surface area contributed by atoms with Crippen molar-refractivity contribution in [2.45, 2.75) is 32.6 Å². The molecule has 0 heterocycles. The van der Waals surface area contributed by atoms with Gasteiger partial charge in [0.25, 0.3) is 0 Å². The van der Waals surface area contributed by atoms with Crippen LogP contribution in [0.15, 0.2) is 24.3 Å². The molecule has 0 fully saturated rings. The van der Waals surface area contributed by atoms with Crippen LogP contribution in [0, 0.1) is 6.92 Å². The van der Waals surface area contributed by atoms with E-state index in [0.29, 0.717) is 38.2 Å². The minimum Gasteiger partial charge on any atom is -0.354 e. The number of benzene rings is 1. The maximum Gasteiger partial charge on any atom is 0.220 e. The Balaban J connectivity index is 2.08. The van der Waals surface area contributed by atoms with Crippen molar-refractivity contribution in [2.75, 3.05) is 19.0 Å². The van der Waals surface area contributed by atoms with Gasteiger partial charge < -0.3 is 10.6 Å². The van der Waals surface area contributed by atoms with Gasteiger partial charge in [0.15, 0.2) is 0 Å². The summed E-state index contributed by atoms with van der Waals surface area (Å²) in [5, 5.41) is 5.54. The fourth-order valence-corrected chi connectivity index (χ4v) is 1.95. The monoisotopic (exact) mass is 310 g/mol. The van der Waals surface area contributed by atoms with E-state index in [1.54, 1.807) is 0 Å². The van der Waals surface area contributed by atoms with Crippen molar-refractivity contribution in [2.24, 2.45) is 0 Å². The van der Waals surface area contributed by atoms with Crippen molar-refractivity contribution in [1.29, 1.82) is 0 Å². The Kier molecular flexibility index (Phi) is 8.51. The van der Waals surface area contributed by atoms with Gasteiger partial charge >= 0.3 is 0 Å². The average Bonchev–Trinajstić information content (AvgIpc) is 2.49.